The third-order valence-corrected chi connectivity index (χ3v) is 4.48. The molecule has 0 bridgehead atoms. The first-order chi connectivity index (χ1) is 11.7. The van der Waals surface area contributed by atoms with E-state index in [9.17, 15) is 4.79 Å². The highest BCUT2D eigenvalue weighted by atomic mass is 16.5. The van der Waals surface area contributed by atoms with Crippen LogP contribution in [0.3, 0.4) is 0 Å². The molecule has 1 amide bonds. The van der Waals surface area contributed by atoms with Crippen LogP contribution in [0.15, 0.2) is 42.7 Å². The van der Waals surface area contributed by atoms with E-state index in [4.69, 9.17) is 9.47 Å². The molecule has 2 aromatic rings. The van der Waals surface area contributed by atoms with Gasteiger partial charge in [-0.1, -0.05) is 12.1 Å². The predicted molar refractivity (Wildman–Crippen MR) is 91.2 cm³/mol. The molecule has 1 aliphatic heterocycles. The number of rotatable bonds is 5. The average Bonchev–Trinajstić information content (AvgIpc) is 3.12. The summed E-state index contributed by atoms with van der Waals surface area (Å²) < 4.78 is 10.6. The Morgan fingerprint density at radius 3 is 2.88 bits per heavy atom. The van der Waals surface area contributed by atoms with Crippen molar-refractivity contribution in [1.29, 1.82) is 0 Å². The number of pyridine rings is 1. The smallest absolute Gasteiger partial charge is 0.227 e. The van der Waals surface area contributed by atoms with Crippen LogP contribution in [-0.2, 0) is 11.2 Å². The van der Waals surface area contributed by atoms with Gasteiger partial charge in [-0.05, 0) is 30.5 Å². The van der Waals surface area contributed by atoms with Crippen LogP contribution < -0.4 is 9.47 Å². The zero-order valence-electron chi connectivity index (χ0n) is 14.1. The van der Waals surface area contributed by atoms with Crippen molar-refractivity contribution in [3.05, 3.63) is 53.9 Å². The average molecular weight is 326 g/mol. The van der Waals surface area contributed by atoms with Gasteiger partial charge in [0.2, 0.25) is 5.91 Å². The Morgan fingerprint density at radius 1 is 1.29 bits per heavy atom. The predicted octanol–water partition coefficient (Wildman–Crippen LogP) is 3.01. The van der Waals surface area contributed by atoms with Gasteiger partial charge in [-0.2, -0.15) is 0 Å². The van der Waals surface area contributed by atoms with Crippen molar-refractivity contribution in [2.24, 2.45) is 0 Å². The SMILES string of the molecule is COc1ccc(CC(=O)N2CCC[C@@H]2c2cccnc2)c(OC)c1. The lowest BCUT2D eigenvalue weighted by atomic mass is 10.1. The molecule has 1 aliphatic rings. The summed E-state index contributed by atoms with van der Waals surface area (Å²) in [6.07, 6.45) is 5.93. The van der Waals surface area contributed by atoms with Gasteiger partial charge in [0.25, 0.3) is 0 Å². The molecule has 0 unspecified atom stereocenters. The summed E-state index contributed by atoms with van der Waals surface area (Å²) in [6, 6.07) is 9.64. The zero-order chi connectivity index (χ0) is 16.9. The molecule has 1 aromatic heterocycles. The largest absolute Gasteiger partial charge is 0.497 e. The Balaban J connectivity index is 1.77. The van der Waals surface area contributed by atoms with Crippen molar-refractivity contribution in [2.45, 2.75) is 25.3 Å². The highest BCUT2D eigenvalue weighted by Crippen LogP contribution is 2.33. The maximum atomic E-state index is 12.8. The molecule has 1 atom stereocenters. The summed E-state index contributed by atoms with van der Waals surface area (Å²) in [5.41, 5.74) is 1.98. The topological polar surface area (TPSA) is 51.7 Å². The molecule has 5 heteroatoms. The maximum Gasteiger partial charge on any atom is 0.227 e. The van der Waals surface area contributed by atoms with Gasteiger partial charge < -0.3 is 14.4 Å². The normalized spacial score (nSPS) is 16.9. The van der Waals surface area contributed by atoms with Gasteiger partial charge in [0.05, 0.1) is 26.7 Å². The first-order valence-electron chi connectivity index (χ1n) is 8.13. The fourth-order valence-electron chi connectivity index (χ4n) is 3.25. The number of hydrogen-bond donors (Lipinski definition) is 0. The Labute approximate surface area is 142 Å². The lowest BCUT2D eigenvalue weighted by molar-refractivity contribution is -0.131. The molecule has 1 saturated heterocycles. The van der Waals surface area contributed by atoms with Crippen LogP contribution in [0.4, 0.5) is 0 Å². The van der Waals surface area contributed by atoms with Crippen molar-refractivity contribution in [3.8, 4) is 11.5 Å². The van der Waals surface area contributed by atoms with Crippen LogP contribution in [-0.4, -0.2) is 36.6 Å². The number of amides is 1. The van der Waals surface area contributed by atoms with Gasteiger partial charge >= 0.3 is 0 Å². The highest BCUT2D eigenvalue weighted by molar-refractivity contribution is 5.80. The van der Waals surface area contributed by atoms with Gasteiger partial charge in [-0.25, -0.2) is 0 Å². The summed E-state index contributed by atoms with van der Waals surface area (Å²) in [7, 11) is 3.22. The Morgan fingerprint density at radius 2 is 2.17 bits per heavy atom. The molecule has 1 fully saturated rings. The molecular weight excluding hydrogens is 304 g/mol. The molecule has 126 valence electrons. The van der Waals surface area contributed by atoms with Crippen molar-refractivity contribution in [2.75, 3.05) is 20.8 Å². The monoisotopic (exact) mass is 326 g/mol. The summed E-state index contributed by atoms with van der Waals surface area (Å²) in [5, 5.41) is 0. The number of hydrogen-bond acceptors (Lipinski definition) is 4. The lowest BCUT2D eigenvalue weighted by Gasteiger charge is -2.25. The van der Waals surface area contributed by atoms with Crippen molar-refractivity contribution < 1.29 is 14.3 Å². The van der Waals surface area contributed by atoms with Gasteiger partial charge in [-0.3, -0.25) is 9.78 Å². The fraction of sp³-hybridized carbons (Fsp3) is 0.368. The number of carbonyl (C=O) groups excluding carboxylic acids is 1. The van der Waals surface area contributed by atoms with Crippen LogP contribution in [0.5, 0.6) is 11.5 Å². The number of carbonyl (C=O) groups is 1. The van der Waals surface area contributed by atoms with Crippen LogP contribution in [0.2, 0.25) is 0 Å². The Hall–Kier alpha value is -2.56. The van der Waals surface area contributed by atoms with Crippen LogP contribution in [0, 0.1) is 0 Å². The van der Waals surface area contributed by atoms with Gasteiger partial charge in [-0.15, -0.1) is 0 Å². The number of likely N-dealkylation sites (tertiary alicyclic amines) is 1. The van der Waals surface area contributed by atoms with E-state index in [0.717, 1.165) is 36.3 Å². The van der Waals surface area contributed by atoms with Crippen LogP contribution >= 0.6 is 0 Å². The molecule has 3 rings (SSSR count). The van der Waals surface area contributed by atoms with Crippen LogP contribution in [0.25, 0.3) is 0 Å². The molecule has 0 spiro atoms. The third kappa shape index (κ3) is 3.35. The minimum atomic E-state index is 0.116. The fourth-order valence-corrected chi connectivity index (χ4v) is 3.25. The van der Waals surface area contributed by atoms with Crippen LogP contribution in [0.1, 0.15) is 30.0 Å². The van der Waals surface area contributed by atoms with E-state index in [-0.39, 0.29) is 11.9 Å². The minimum Gasteiger partial charge on any atom is -0.497 e. The number of benzene rings is 1. The summed E-state index contributed by atoms with van der Waals surface area (Å²) >= 11 is 0. The second-order valence-electron chi connectivity index (χ2n) is 5.89. The second-order valence-corrected chi connectivity index (χ2v) is 5.89. The molecular formula is C19H22N2O3. The summed E-state index contributed by atoms with van der Waals surface area (Å²) in [4.78, 5) is 19.0. The van der Waals surface area contributed by atoms with Crippen molar-refractivity contribution >= 4 is 5.91 Å². The molecule has 5 nitrogen and oxygen atoms in total. The van der Waals surface area contributed by atoms with E-state index >= 15 is 0 Å². The molecule has 0 N–H and O–H groups in total. The first kappa shape index (κ1) is 16.3. The van der Waals surface area contributed by atoms with Gasteiger partial charge in [0.1, 0.15) is 11.5 Å². The van der Waals surface area contributed by atoms with Crippen molar-refractivity contribution in [3.63, 3.8) is 0 Å². The van der Waals surface area contributed by atoms with E-state index < -0.39 is 0 Å². The van der Waals surface area contributed by atoms with E-state index in [2.05, 4.69) is 4.98 Å². The molecule has 24 heavy (non-hydrogen) atoms. The summed E-state index contributed by atoms with van der Waals surface area (Å²) in [5.74, 6) is 1.52. The third-order valence-electron chi connectivity index (χ3n) is 4.48. The number of methoxy groups -OCH3 is 2. The quantitative estimate of drug-likeness (QED) is 0.847. The van der Waals surface area contributed by atoms with E-state index in [1.165, 1.54) is 0 Å². The molecule has 0 radical (unpaired) electrons. The number of nitrogens with zero attached hydrogens (tertiary/aromatic N) is 2. The van der Waals surface area contributed by atoms with Crippen molar-refractivity contribution in [1.82, 2.24) is 9.88 Å². The van der Waals surface area contributed by atoms with Gasteiger partial charge in [0.15, 0.2) is 0 Å². The van der Waals surface area contributed by atoms with Gasteiger partial charge in [0, 0.05) is 30.6 Å². The highest BCUT2D eigenvalue weighted by Gasteiger charge is 2.30. The number of ether oxygens (including phenoxy) is 2. The molecule has 0 aliphatic carbocycles. The van der Waals surface area contributed by atoms with E-state index in [1.807, 2.05) is 41.4 Å². The molecule has 2 heterocycles. The Kier molecular flexibility index (Phi) is 4.99. The standard InChI is InChI=1S/C19H22N2O3/c1-23-16-8-7-14(18(12-16)24-2)11-19(22)21-10-4-6-17(21)15-5-3-9-20-13-15/h3,5,7-9,12-13,17H,4,6,10-11H2,1-2H3/t17-/m1/s1. The first-order valence-corrected chi connectivity index (χ1v) is 8.13. The maximum absolute atomic E-state index is 12.8. The Bertz CT molecular complexity index is 703. The molecule has 0 saturated carbocycles. The van der Waals surface area contributed by atoms with E-state index in [0.29, 0.717) is 12.2 Å². The lowest BCUT2D eigenvalue weighted by Crippen LogP contribution is -2.32. The second kappa shape index (κ2) is 7.34. The minimum absolute atomic E-state index is 0.116. The number of aromatic nitrogens is 1. The zero-order valence-corrected chi connectivity index (χ0v) is 14.1. The molecule has 1 aromatic carbocycles. The summed E-state index contributed by atoms with van der Waals surface area (Å²) in [6.45, 7) is 0.789. The van der Waals surface area contributed by atoms with E-state index in [1.54, 1.807) is 20.4 Å².